The Balaban J connectivity index is 1.92. The average Bonchev–Trinajstić information content (AvgIpc) is 3.17. The molecule has 1 aromatic carbocycles. The predicted molar refractivity (Wildman–Crippen MR) is 103 cm³/mol. The van der Waals surface area contributed by atoms with Crippen molar-refractivity contribution in [3.63, 3.8) is 0 Å². The standard InChI is InChI=1S/C20H19N5O2/c1-4-17-24-20(27-25-17)14-11-21-19-13(10-9-12(2)22-19)18(14)23-15-7-5-6-8-16(15)26-3/h5-11H,4H2,1-3H3,(H,21,22,23). The number of aromatic nitrogens is 4. The molecule has 0 bridgehead atoms. The number of hydrogen-bond acceptors (Lipinski definition) is 7. The summed E-state index contributed by atoms with van der Waals surface area (Å²) in [5.74, 6) is 1.79. The molecule has 3 heterocycles. The van der Waals surface area contributed by atoms with Crippen LogP contribution >= 0.6 is 0 Å². The van der Waals surface area contributed by atoms with E-state index in [1.54, 1.807) is 13.3 Å². The fourth-order valence-electron chi connectivity index (χ4n) is 2.86. The van der Waals surface area contributed by atoms with E-state index in [0.717, 1.165) is 28.2 Å². The van der Waals surface area contributed by atoms with E-state index >= 15 is 0 Å². The van der Waals surface area contributed by atoms with Crippen LogP contribution in [0, 0.1) is 6.92 Å². The molecule has 0 radical (unpaired) electrons. The summed E-state index contributed by atoms with van der Waals surface area (Å²) in [4.78, 5) is 13.5. The van der Waals surface area contributed by atoms with Gasteiger partial charge in [0, 0.05) is 23.7 Å². The third-order valence-electron chi connectivity index (χ3n) is 4.25. The van der Waals surface area contributed by atoms with Gasteiger partial charge in [-0.05, 0) is 31.2 Å². The van der Waals surface area contributed by atoms with E-state index in [4.69, 9.17) is 9.26 Å². The Morgan fingerprint density at radius 3 is 2.74 bits per heavy atom. The number of nitrogens with zero attached hydrogens (tertiary/aromatic N) is 4. The third kappa shape index (κ3) is 3.19. The first-order chi connectivity index (χ1) is 13.2. The van der Waals surface area contributed by atoms with Crippen LogP contribution in [0.3, 0.4) is 0 Å². The Kier molecular flexibility index (Phi) is 4.42. The molecule has 0 fully saturated rings. The summed E-state index contributed by atoms with van der Waals surface area (Å²) in [5.41, 5.74) is 3.88. The van der Waals surface area contributed by atoms with Crippen LogP contribution in [0.25, 0.3) is 22.5 Å². The van der Waals surface area contributed by atoms with E-state index in [0.29, 0.717) is 29.3 Å². The van der Waals surface area contributed by atoms with Gasteiger partial charge in [-0.2, -0.15) is 4.98 Å². The number of para-hydroxylation sites is 2. The van der Waals surface area contributed by atoms with Crippen LogP contribution in [-0.4, -0.2) is 27.2 Å². The lowest BCUT2D eigenvalue weighted by Gasteiger charge is -2.15. The van der Waals surface area contributed by atoms with Gasteiger partial charge in [-0.15, -0.1) is 0 Å². The number of nitrogens with one attached hydrogen (secondary N) is 1. The fraction of sp³-hybridized carbons (Fsp3) is 0.200. The fourth-order valence-corrected chi connectivity index (χ4v) is 2.86. The van der Waals surface area contributed by atoms with Gasteiger partial charge in [-0.3, -0.25) is 0 Å². The van der Waals surface area contributed by atoms with Gasteiger partial charge in [0.15, 0.2) is 11.5 Å². The third-order valence-corrected chi connectivity index (χ3v) is 4.25. The first-order valence-corrected chi connectivity index (χ1v) is 8.69. The Bertz CT molecular complexity index is 1110. The van der Waals surface area contributed by atoms with Gasteiger partial charge in [0.05, 0.1) is 24.0 Å². The van der Waals surface area contributed by atoms with Crippen molar-refractivity contribution in [2.24, 2.45) is 0 Å². The highest BCUT2D eigenvalue weighted by molar-refractivity contribution is 5.98. The zero-order valence-electron chi connectivity index (χ0n) is 15.4. The highest BCUT2D eigenvalue weighted by Crippen LogP contribution is 2.37. The van der Waals surface area contributed by atoms with E-state index in [-0.39, 0.29) is 0 Å². The molecule has 0 spiro atoms. The summed E-state index contributed by atoms with van der Waals surface area (Å²) in [6.45, 7) is 3.92. The Hall–Kier alpha value is -3.48. The van der Waals surface area contributed by atoms with Crippen molar-refractivity contribution in [1.82, 2.24) is 20.1 Å². The zero-order valence-corrected chi connectivity index (χ0v) is 15.4. The van der Waals surface area contributed by atoms with Gasteiger partial charge in [0.2, 0.25) is 0 Å². The van der Waals surface area contributed by atoms with Crippen molar-refractivity contribution >= 4 is 22.4 Å². The number of aryl methyl sites for hydroxylation is 2. The molecule has 0 amide bonds. The number of fused-ring (bicyclic) bond motifs is 1. The van der Waals surface area contributed by atoms with Crippen molar-refractivity contribution in [3.8, 4) is 17.2 Å². The normalized spacial score (nSPS) is 10.9. The van der Waals surface area contributed by atoms with Gasteiger partial charge < -0.3 is 14.6 Å². The summed E-state index contributed by atoms with van der Waals surface area (Å²) >= 11 is 0. The van der Waals surface area contributed by atoms with Gasteiger partial charge in [0.25, 0.3) is 5.89 Å². The molecule has 7 nitrogen and oxygen atoms in total. The van der Waals surface area contributed by atoms with E-state index in [9.17, 15) is 0 Å². The lowest BCUT2D eigenvalue weighted by Crippen LogP contribution is -2.00. The summed E-state index contributed by atoms with van der Waals surface area (Å²) in [6, 6.07) is 11.6. The molecule has 0 unspecified atom stereocenters. The minimum Gasteiger partial charge on any atom is -0.495 e. The van der Waals surface area contributed by atoms with E-state index in [2.05, 4.69) is 25.4 Å². The number of benzene rings is 1. The van der Waals surface area contributed by atoms with Crippen molar-refractivity contribution in [1.29, 1.82) is 0 Å². The number of anilines is 2. The van der Waals surface area contributed by atoms with Crippen molar-refractivity contribution in [2.45, 2.75) is 20.3 Å². The Morgan fingerprint density at radius 2 is 1.96 bits per heavy atom. The number of methoxy groups -OCH3 is 1. The second kappa shape index (κ2) is 7.03. The van der Waals surface area contributed by atoms with Crippen molar-refractivity contribution < 1.29 is 9.26 Å². The molecular weight excluding hydrogens is 342 g/mol. The molecule has 0 aliphatic rings. The van der Waals surface area contributed by atoms with Crippen LogP contribution in [-0.2, 0) is 6.42 Å². The highest BCUT2D eigenvalue weighted by Gasteiger charge is 2.18. The molecule has 1 N–H and O–H groups in total. The molecule has 0 aliphatic carbocycles. The monoisotopic (exact) mass is 361 g/mol. The number of pyridine rings is 2. The summed E-state index contributed by atoms with van der Waals surface area (Å²) in [5, 5.41) is 8.31. The van der Waals surface area contributed by atoms with Gasteiger partial charge in [0.1, 0.15) is 5.75 Å². The molecule has 7 heteroatoms. The summed E-state index contributed by atoms with van der Waals surface area (Å²) < 4.78 is 10.9. The first-order valence-electron chi connectivity index (χ1n) is 8.69. The molecule has 0 aliphatic heterocycles. The van der Waals surface area contributed by atoms with Gasteiger partial charge in [-0.25, -0.2) is 9.97 Å². The SMILES string of the molecule is CCc1noc(-c2cnc3nc(C)ccc3c2Nc2ccccc2OC)n1. The number of ether oxygens (including phenoxy) is 1. The molecule has 136 valence electrons. The maximum Gasteiger partial charge on any atom is 0.261 e. The molecule has 0 atom stereocenters. The average molecular weight is 361 g/mol. The Labute approximate surface area is 156 Å². The summed E-state index contributed by atoms with van der Waals surface area (Å²) in [6.07, 6.45) is 2.40. The molecule has 3 aromatic heterocycles. The van der Waals surface area contributed by atoms with Gasteiger partial charge >= 0.3 is 0 Å². The minimum atomic E-state index is 0.416. The van der Waals surface area contributed by atoms with Gasteiger partial charge in [-0.1, -0.05) is 24.2 Å². The van der Waals surface area contributed by atoms with Crippen LogP contribution in [0.15, 0.2) is 47.1 Å². The largest absolute Gasteiger partial charge is 0.495 e. The van der Waals surface area contributed by atoms with E-state index in [1.807, 2.05) is 50.2 Å². The van der Waals surface area contributed by atoms with E-state index < -0.39 is 0 Å². The maximum absolute atomic E-state index is 5.47. The van der Waals surface area contributed by atoms with Crippen LogP contribution in [0.4, 0.5) is 11.4 Å². The predicted octanol–water partition coefficient (Wildman–Crippen LogP) is 4.30. The molecular formula is C20H19N5O2. The second-order valence-electron chi connectivity index (χ2n) is 6.07. The lowest BCUT2D eigenvalue weighted by molar-refractivity contribution is 0.417. The molecule has 0 saturated carbocycles. The second-order valence-corrected chi connectivity index (χ2v) is 6.07. The van der Waals surface area contributed by atoms with Crippen molar-refractivity contribution in [2.75, 3.05) is 12.4 Å². The van der Waals surface area contributed by atoms with Crippen LogP contribution in [0.5, 0.6) is 5.75 Å². The highest BCUT2D eigenvalue weighted by atomic mass is 16.5. The van der Waals surface area contributed by atoms with E-state index in [1.165, 1.54) is 0 Å². The smallest absolute Gasteiger partial charge is 0.261 e. The summed E-state index contributed by atoms with van der Waals surface area (Å²) in [7, 11) is 1.64. The first kappa shape index (κ1) is 17.0. The van der Waals surface area contributed by atoms with Crippen molar-refractivity contribution in [3.05, 3.63) is 54.1 Å². The molecule has 4 rings (SSSR count). The quantitative estimate of drug-likeness (QED) is 0.567. The van der Waals surface area contributed by atoms with Crippen LogP contribution in [0.1, 0.15) is 18.4 Å². The molecule has 4 aromatic rings. The van der Waals surface area contributed by atoms with Crippen LogP contribution < -0.4 is 10.1 Å². The maximum atomic E-state index is 5.47. The minimum absolute atomic E-state index is 0.416. The lowest BCUT2D eigenvalue weighted by atomic mass is 10.1. The number of rotatable bonds is 5. The number of hydrogen-bond donors (Lipinski definition) is 1. The molecule has 0 saturated heterocycles. The topological polar surface area (TPSA) is 86.0 Å². The zero-order chi connectivity index (χ0) is 18.8. The Morgan fingerprint density at radius 1 is 1.11 bits per heavy atom. The van der Waals surface area contributed by atoms with Crippen LogP contribution in [0.2, 0.25) is 0 Å². The molecule has 27 heavy (non-hydrogen) atoms.